The highest BCUT2D eigenvalue weighted by Gasteiger charge is 2.31. The van der Waals surface area contributed by atoms with E-state index in [0.717, 1.165) is 44.1 Å². The molecule has 1 aromatic heterocycles. The van der Waals surface area contributed by atoms with Gasteiger partial charge < -0.3 is 10.6 Å². The summed E-state index contributed by atoms with van der Waals surface area (Å²) in [7, 11) is 0. The van der Waals surface area contributed by atoms with Crippen molar-refractivity contribution in [2.45, 2.75) is 38.3 Å². The Morgan fingerprint density at radius 1 is 1.17 bits per heavy atom. The number of hydrogen-bond acceptors (Lipinski definition) is 6. The Hall–Kier alpha value is -3.17. The fourth-order valence-corrected chi connectivity index (χ4v) is 3.16. The number of halogens is 3. The number of nitro groups is 1. The highest BCUT2D eigenvalue weighted by atomic mass is 19.4. The SMILES string of the molecule is O=[N+]([O-])c1c(NCCC2=CCCCC2)ncnc1Nc1cccc(C(F)(F)F)c1. The van der Waals surface area contributed by atoms with Crippen LogP contribution in [0.15, 0.2) is 42.2 Å². The average molecular weight is 407 g/mol. The van der Waals surface area contributed by atoms with Gasteiger partial charge in [-0.25, -0.2) is 9.97 Å². The summed E-state index contributed by atoms with van der Waals surface area (Å²) in [5, 5.41) is 17.1. The first-order valence-electron chi connectivity index (χ1n) is 9.20. The smallest absolute Gasteiger partial charge is 0.364 e. The standard InChI is InChI=1S/C19H20F3N5O2/c20-19(21,22)14-7-4-8-15(11-14)26-18-16(27(28)29)17(24-12-25-18)23-10-9-13-5-2-1-3-6-13/h4-5,7-8,11-12H,1-3,6,9-10H2,(H2,23,24,25,26). The number of benzene rings is 1. The quantitative estimate of drug-likeness (QED) is 0.360. The van der Waals surface area contributed by atoms with Crippen LogP contribution in [0.2, 0.25) is 0 Å². The molecule has 0 fully saturated rings. The molecule has 0 atom stereocenters. The summed E-state index contributed by atoms with van der Waals surface area (Å²) in [5.74, 6) is -0.153. The van der Waals surface area contributed by atoms with E-state index in [2.05, 4.69) is 26.7 Å². The van der Waals surface area contributed by atoms with Crippen molar-refractivity contribution < 1.29 is 18.1 Å². The molecule has 2 N–H and O–H groups in total. The third-order valence-electron chi connectivity index (χ3n) is 4.58. The maximum absolute atomic E-state index is 12.9. The van der Waals surface area contributed by atoms with Gasteiger partial charge in [-0.3, -0.25) is 10.1 Å². The van der Waals surface area contributed by atoms with Gasteiger partial charge in [0.1, 0.15) is 6.33 Å². The van der Waals surface area contributed by atoms with Crippen LogP contribution in [0.5, 0.6) is 0 Å². The van der Waals surface area contributed by atoms with Crippen molar-refractivity contribution in [2.75, 3.05) is 17.2 Å². The molecule has 7 nitrogen and oxygen atoms in total. The van der Waals surface area contributed by atoms with Crippen LogP contribution in [-0.4, -0.2) is 21.4 Å². The third kappa shape index (κ3) is 5.43. The molecule has 10 heteroatoms. The van der Waals surface area contributed by atoms with Crippen LogP contribution in [0.25, 0.3) is 0 Å². The van der Waals surface area contributed by atoms with Gasteiger partial charge in [-0.05, 0) is 50.3 Å². The molecule has 0 saturated carbocycles. The molecule has 1 aliphatic carbocycles. The van der Waals surface area contributed by atoms with Crippen molar-refractivity contribution in [2.24, 2.45) is 0 Å². The lowest BCUT2D eigenvalue weighted by molar-refractivity contribution is -0.383. The molecular formula is C19H20F3N5O2. The van der Waals surface area contributed by atoms with E-state index in [4.69, 9.17) is 0 Å². The Bertz CT molecular complexity index is 915. The lowest BCUT2D eigenvalue weighted by atomic mass is 9.97. The Morgan fingerprint density at radius 3 is 2.66 bits per heavy atom. The zero-order chi connectivity index (χ0) is 20.9. The highest BCUT2D eigenvalue weighted by Crippen LogP contribution is 2.34. The topological polar surface area (TPSA) is 93.0 Å². The Labute approximate surface area is 165 Å². The number of alkyl halides is 3. The summed E-state index contributed by atoms with van der Waals surface area (Å²) >= 11 is 0. The minimum Gasteiger partial charge on any atom is -0.364 e. The van der Waals surface area contributed by atoms with Crippen molar-refractivity contribution in [3.63, 3.8) is 0 Å². The molecule has 0 spiro atoms. The number of nitrogens with one attached hydrogen (secondary N) is 2. The number of hydrogen-bond donors (Lipinski definition) is 2. The summed E-state index contributed by atoms with van der Waals surface area (Å²) < 4.78 is 38.7. The third-order valence-corrected chi connectivity index (χ3v) is 4.58. The number of nitrogens with zero attached hydrogens (tertiary/aromatic N) is 3. The molecule has 154 valence electrons. The zero-order valence-electron chi connectivity index (χ0n) is 15.5. The molecule has 1 aromatic carbocycles. The first kappa shape index (κ1) is 20.6. The normalized spacial score (nSPS) is 14.2. The van der Waals surface area contributed by atoms with E-state index < -0.39 is 22.4 Å². The Morgan fingerprint density at radius 2 is 1.97 bits per heavy atom. The number of allylic oxidation sites excluding steroid dienone is 1. The highest BCUT2D eigenvalue weighted by molar-refractivity contribution is 5.73. The summed E-state index contributed by atoms with van der Waals surface area (Å²) in [6.45, 7) is 0.465. The molecule has 0 aliphatic heterocycles. The van der Waals surface area contributed by atoms with Gasteiger partial charge in [0.25, 0.3) is 0 Å². The van der Waals surface area contributed by atoms with Gasteiger partial charge in [0, 0.05) is 12.2 Å². The largest absolute Gasteiger partial charge is 0.416 e. The van der Waals surface area contributed by atoms with Gasteiger partial charge in [-0.1, -0.05) is 17.7 Å². The molecule has 0 bridgehead atoms. The van der Waals surface area contributed by atoms with Crippen LogP contribution in [-0.2, 0) is 6.18 Å². The zero-order valence-corrected chi connectivity index (χ0v) is 15.5. The van der Waals surface area contributed by atoms with Crippen LogP contribution < -0.4 is 10.6 Å². The van der Waals surface area contributed by atoms with Crippen molar-refractivity contribution in [3.05, 3.63) is 57.9 Å². The van der Waals surface area contributed by atoms with Crippen molar-refractivity contribution in [1.29, 1.82) is 0 Å². The summed E-state index contributed by atoms with van der Waals surface area (Å²) in [5.41, 5.74) is 0.0727. The maximum atomic E-state index is 12.9. The number of rotatable bonds is 7. The molecule has 0 unspecified atom stereocenters. The van der Waals surface area contributed by atoms with Crippen molar-refractivity contribution in [1.82, 2.24) is 9.97 Å². The van der Waals surface area contributed by atoms with Crippen LogP contribution >= 0.6 is 0 Å². The fourth-order valence-electron chi connectivity index (χ4n) is 3.16. The second-order valence-electron chi connectivity index (χ2n) is 6.67. The molecule has 2 aromatic rings. The maximum Gasteiger partial charge on any atom is 0.416 e. The lowest BCUT2D eigenvalue weighted by Crippen LogP contribution is -2.10. The van der Waals surface area contributed by atoms with Gasteiger partial charge in [0.05, 0.1) is 10.5 Å². The van der Waals surface area contributed by atoms with Crippen molar-refractivity contribution >= 4 is 23.0 Å². The average Bonchev–Trinajstić information content (AvgIpc) is 2.68. The second kappa shape index (κ2) is 8.89. The van der Waals surface area contributed by atoms with E-state index >= 15 is 0 Å². The molecule has 3 rings (SSSR count). The van der Waals surface area contributed by atoms with Crippen LogP contribution in [0, 0.1) is 10.1 Å². The van der Waals surface area contributed by atoms with E-state index in [9.17, 15) is 23.3 Å². The summed E-state index contributed by atoms with van der Waals surface area (Å²) in [6, 6.07) is 4.39. The van der Waals surface area contributed by atoms with Crippen LogP contribution in [0.3, 0.4) is 0 Å². The Balaban J connectivity index is 1.78. The van der Waals surface area contributed by atoms with Crippen LogP contribution in [0.4, 0.5) is 36.2 Å². The van der Waals surface area contributed by atoms with E-state index in [0.29, 0.717) is 6.54 Å². The van der Waals surface area contributed by atoms with Gasteiger partial charge >= 0.3 is 11.9 Å². The molecule has 0 saturated heterocycles. The number of aromatic nitrogens is 2. The first-order valence-corrected chi connectivity index (χ1v) is 9.20. The van der Waals surface area contributed by atoms with E-state index in [-0.39, 0.29) is 17.3 Å². The van der Waals surface area contributed by atoms with Gasteiger partial charge in [0.15, 0.2) is 0 Å². The first-order chi connectivity index (χ1) is 13.8. The lowest BCUT2D eigenvalue weighted by Gasteiger charge is -2.14. The molecule has 0 amide bonds. The van der Waals surface area contributed by atoms with Gasteiger partial charge in [-0.2, -0.15) is 13.2 Å². The molecular weight excluding hydrogens is 387 g/mol. The summed E-state index contributed by atoms with van der Waals surface area (Å²) in [4.78, 5) is 18.7. The summed E-state index contributed by atoms with van der Waals surface area (Å²) in [6.07, 6.45) is 3.95. The Kier molecular flexibility index (Phi) is 6.30. The minimum absolute atomic E-state index is 0.0240. The van der Waals surface area contributed by atoms with Crippen LogP contribution in [0.1, 0.15) is 37.7 Å². The van der Waals surface area contributed by atoms with Crippen molar-refractivity contribution in [3.8, 4) is 0 Å². The van der Waals surface area contributed by atoms with Gasteiger partial charge in [-0.15, -0.1) is 0 Å². The predicted octanol–water partition coefficient (Wildman–Crippen LogP) is 5.45. The fraction of sp³-hybridized carbons (Fsp3) is 0.368. The molecule has 1 heterocycles. The molecule has 1 aliphatic rings. The van der Waals surface area contributed by atoms with E-state index in [1.54, 1.807) is 0 Å². The monoisotopic (exact) mass is 407 g/mol. The molecule has 29 heavy (non-hydrogen) atoms. The minimum atomic E-state index is -4.52. The predicted molar refractivity (Wildman–Crippen MR) is 103 cm³/mol. The van der Waals surface area contributed by atoms with E-state index in [1.165, 1.54) is 24.1 Å². The second-order valence-corrected chi connectivity index (χ2v) is 6.67. The van der Waals surface area contributed by atoms with Gasteiger partial charge in [0.2, 0.25) is 11.6 Å². The van der Waals surface area contributed by atoms with E-state index in [1.807, 2.05) is 0 Å². The molecule has 0 radical (unpaired) electrons. The number of anilines is 3.